The summed E-state index contributed by atoms with van der Waals surface area (Å²) in [6, 6.07) is 3.75. The molecule has 0 bridgehead atoms. The normalized spacial score (nSPS) is 17.5. The lowest BCUT2D eigenvalue weighted by atomic mass is 9.99. The van der Waals surface area contributed by atoms with Crippen molar-refractivity contribution >= 4 is 5.91 Å². The second kappa shape index (κ2) is 4.64. The molecule has 3 heteroatoms. The lowest BCUT2D eigenvalue weighted by Crippen LogP contribution is -2.38. The highest BCUT2D eigenvalue weighted by atomic mass is 16.2. The molecule has 16 heavy (non-hydrogen) atoms. The molecule has 86 valence electrons. The van der Waals surface area contributed by atoms with Crippen LogP contribution in [0.2, 0.25) is 0 Å². The number of nitrogens with zero attached hydrogens (tertiary/aromatic N) is 2. The molecular formula is C13H18N2O. The lowest BCUT2D eigenvalue weighted by Gasteiger charge is -2.30. The van der Waals surface area contributed by atoms with Crippen molar-refractivity contribution in [2.24, 2.45) is 5.92 Å². The molecule has 0 aromatic carbocycles. The number of piperidine rings is 1. The maximum Gasteiger partial charge on any atom is 0.272 e. The minimum Gasteiger partial charge on any atom is -0.337 e. The molecule has 2 heterocycles. The number of amides is 1. The molecule has 0 spiro atoms. The molecular weight excluding hydrogens is 200 g/mol. The molecule has 1 fully saturated rings. The van der Waals surface area contributed by atoms with E-state index in [9.17, 15) is 4.79 Å². The summed E-state index contributed by atoms with van der Waals surface area (Å²) >= 11 is 0. The second-order valence-electron chi connectivity index (χ2n) is 4.70. The Morgan fingerprint density at radius 2 is 2.06 bits per heavy atom. The van der Waals surface area contributed by atoms with Crippen molar-refractivity contribution in [2.45, 2.75) is 26.7 Å². The van der Waals surface area contributed by atoms with E-state index in [0.717, 1.165) is 37.4 Å². The second-order valence-corrected chi connectivity index (χ2v) is 4.70. The highest BCUT2D eigenvalue weighted by molar-refractivity contribution is 5.92. The van der Waals surface area contributed by atoms with Gasteiger partial charge < -0.3 is 4.90 Å². The number of rotatable bonds is 1. The van der Waals surface area contributed by atoms with Gasteiger partial charge in [0.05, 0.1) is 0 Å². The van der Waals surface area contributed by atoms with E-state index < -0.39 is 0 Å². The first-order valence-corrected chi connectivity index (χ1v) is 5.89. The van der Waals surface area contributed by atoms with Gasteiger partial charge in [-0.3, -0.25) is 9.78 Å². The van der Waals surface area contributed by atoms with Crippen LogP contribution in [0.3, 0.4) is 0 Å². The van der Waals surface area contributed by atoms with Gasteiger partial charge in [0.15, 0.2) is 0 Å². The summed E-state index contributed by atoms with van der Waals surface area (Å²) in [7, 11) is 0. The van der Waals surface area contributed by atoms with Gasteiger partial charge in [-0.2, -0.15) is 0 Å². The van der Waals surface area contributed by atoms with Gasteiger partial charge in [-0.05, 0) is 37.3 Å². The first kappa shape index (κ1) is 11.1. The van der Waals surface area contributed by atoms with Crippen molar-refractivity contribution in [1.29, 1.82) is 0 Å². The summed E-state index contributed by atoms with van der Waals surface area (Å²) in [6.07, 6.45) is 3.97. The van der Waals surface area contributed by atoms with Crippen LogP contribution in [0.1, 0.15) is 35.8 Å². The summed E-state index contributed by atoms with van der Waals surface area (Å²) < 4.78 is 0. The van der Waals surface area contributed by atoms with Crippen molar-refractivity contribution < 1.29 is 4.79 Å². The molecule has 0 saturated carbocycles. The van der Waals surface area contributed by atoms with Crippen molar-refractivity contribution in [2.75, 3.05) is 13.1 Å². The van der Waals surface area contributed by atoms with E-state index in [1.807, 2.05) is 24.0 Å². The van der Waals surface area contributed by atoms with Crippen LogP contribution in [-0.4, -0.2) is 28.9 Å². The van der Waals surface area contributed by atoms with Gasteiger partial charge in [0.25, 0.3) is 5.91 Å². The maximum atomic E-state index is 12.1. The monoisotopic (exact) mass is 218 g/mol. The number of hydrogen-bond acceptors (Lipinski definition) is 2. The van der Waals surface area contributed by atoms with Gasteiger partial charge in [0.2, 0.25) is 0 Å². The smallest absolute Gasteiger partial charge is 0.272 e. The number of aryl methyl sites for hydroxylation is 1. The zero-order chi connectivity index (χ0) is 11.5. The van der Waals surface area contributed by atoms with E-state index in [2.05, 4.69) is 11.9 Å². The van der Waals surface area contributed by atoms with E-state index in [-0.39, 0.29) is 5.91 Å². The van der Waals surface area contributed by atoms with E-state index >= 15 is 0 Å². The first-order chi connectivity index (χ1) is 7.66. The molecule has 1 aliphatic heterocycles. The Kier molecular flexibility index (Phi) is 3.22. The molecule has 0 N–H and O–H groups in total. The fourth-order valence-corrected chi connectivity index (χ4v) is 1.97. The average Bonchev–Trinajstić information content (AvgIpc) is 2.30. The predicted octanol–water partition coefficient (Wildman–Crippen LogP) is 2.26. The van der Waals surface area contributed by atoms with Gasteiger partial charge in [-0.15, -0.1) is 0 Å². The van der Waals surface area contributed by atoms with E-state index in [1.165, 1.54) is 0 Å². The fraction of sp³-hybridized carbons (Fsp3) is 0.538. The lowest BCUT2D eigenvalue weighted by molar-refractivity contribution is 0.0691. The number of likely N-dealkylation sites (tertiary alicyclic amines) is 1. The predicted molar refractivity (Wildman–Crippen MR) is 63.3 cm³/mol. The summed E-state index contributed by atoms with van der Waals surface area (Å²) in [5, 5.41) is 0. The van der Waals surface area contributed by atoms with Gasteiger partial charge in [0, 0.05) is 19.3 Å². The standard InChI is InChI=1S/C13H18N2O/c1-10-5-7-15(8-6-10)13(16)12-4-3-11(2)9-14-12/h3-4,9-10H,5-8H2,1-2H3. The molecule has 1 saturated heterocycles. The van der Waals surface area contributed by atoms with E-state index in [1.54, 1.807) is 6.20 Å². The molecule has 1 aliphatic rings. The molecule has 0 aliphatic carbocycles. The Morgan fingerprint density at radius 3 is 2.62 bits per heavy atom. The molecule has 1 aromatic rings. The summed E-state index contributed by atoms with van der Waals surface area (Å²) in [4.78, 5) is 18.2. The number of pyridine rings is 1. The zero-order valence-electron chi connectivity index (χ0n) is 9.94. The zero-order valence-corrected chi connectivity index (χ0v) is 9.94. The SMILES string of the molecule is Cc1ccc(C(=O)N2CCC(C)CC2)nc1. The van der Waals surface area contributed by atoms with Crippen LogP contribution in [0.5, 0.6) is 0 Å². The van der Waals surface area contributed by atoms with Crippen molar-refractivity contribution in [3.8, 4) is 0 Å². The Morgan fingerprint density at radius 1 is 1.38 bits per heavy atom. The number of aromatic nitrogens is 1. The Bertz CT molecular complexity index is 364. The minimum atomic E-state index is 0.0758. The summed E-state index contributed by atoms with van der Waals surface area (Å²) in [5.41, 5.74) is 1.66. The van der Waals surface area contributed by atoms with Crippen LogP contribution >= 0.6 is 0 Å². The van der Waals surface area contributed by atoms with Gasteiger partial charge in [-0.25, -0.2) is 0 Å². The maximum absolute atomic E-state index is 12.1. The molecule has 1 aromatic heterocycles. The third kappa shape index (κ3) is 2.40. The highest BCUT2D eigenvalue weighted by Crippen LogP contribution is 2.17. The molecule has 0 unspecified atom stereocenters. The van der Waals surface area contributed by atoms with Gasteiger partial charge >= 0.3 is 0 Å². The Labute approximate surface area is 96.5 Å². The summed E-state index contributed by atoms with van der Waals surface area (Å²) in [5.74, 6) is 0.821. The summed E-state index contributed by atoms with van der Waals surface area (Å²) in [6.45, 7) is 5.96. The number of hydrogen-bond donors (Lipinski definition) is 0. The topological polar surface area (TPSA) is 33.2 Å². The van der Waals surface area contributed by atoms with Crippen LogP contribution in [0.4, 0.5) is 0 Å². The molecule has 2 rings (SSSR count). The van der Waals surface area contributed by atoms with Crippen molar-refractivity contribution in [1.82, 2.24) is 9.88 Å². The van der Waals surface area contributed by atoms with Crippen LogP contribution in [0.25, 0.3) is 0 Å². The van der Waals surface area contributed by atoms with Crippen LogP contribution in [-0.2, 0) is 0 Å². The third-order valence-electron chi connectivity index (χ3n) is 3.20. The largest absolute Gasteiger partial charge is 0.337 e. The Hall–Kier alpha value is -1.38. The molecule has 0 atom stereocenters. The van der Waals surface area contributed by atoms with Crippen LogP contribution < -0.4 is 0 Å². The quantitative estimate of drug-likeness (QED) is 0.724. The molecule has 3 nitrogen and oxygen atoms in total. The third-order valence-corrected chi connectivity index (χ3v) is 3.20. The molecule has 0 radical (unpaired) electrons. The number of carbonyl (C=O) groups is 1. The fourth-order valence-electron chi connectivity index (χ4n) is 1.97. The number of carbonyl (C=O) groups excluding carboxylic acids is 1. The molecule has 1 amide bonds. The van der Waals surface area contributed by atoms with Gasteiger partial charge in [-0.1, -0.05) is 13.0 Å². The average molecular weight is 218 g/mol. The minimum absolute atomic E-state index is 0.0758. The van der Waals surface area contributed by atoms with Crippen LogP contribution in [0, 0.1) is 12.8 Å². The van der Waals surface area contributed by atoms with Gasteiger partial charge in [0.1, 0.15) is 5.69 Å². The van der Waals surface area contributed by atoms with Crippen molar-refractivity contribution in [3.63, 3.8) is 0 Å². The first-order valence-electron chi connectivity index (χ1n) is 5.89. The van der Waals surface area contributed by atoms with Crippen molar-refractivity contribution in [3.05, 3.63) is 29.6 Å². The van der Waals surface area contributed by atoms with E-state index in [0.29, 0.717) is 5.69 Å². The highest BCUT2D eigenvalue weighted by Gasteiger charge is 2.21. The Balaban J connectivity index is 2.05. The van der Waals surface area contributed by atoms with E-state index in [4.69, 9.17) is 0 Å². The van der Waals surface area contributed by atoms with Crippen LogP contribution in [0.15, 0.2) is 18.3 Å².